The van der Waals surface area contributed by atoms with Crippen LogP contribution < -0.4 is 10.6 Å². The number of hydrogen-bond acceptors (Lipinski definition) is 4. The van der Waals surface area contributed by atoms with E-state index in [1.54, 1.807) is 0 Å². The van der Waals surface area contributed by atoms with Crippen molar-refractivity contribution in [2.75, 3.05) is 26.2 Å². The van der Waals surface area contributed by atoms with Crippen LogP contribution in [-0.2, 0) is 11.8 Å². The highest BCUT2D eigenvalue weighted by molar-refractivity contribution is 5.95. The first-order valence-electron chi connectivity index (χ1n) is 10.4. The maximum atomic E-state index is 13.0. The second-order valence-corrected chi connectivity index (χ2v) is 8.18. The smallest absolute Gasteiger partial charge is 0.253 e. The maximum Gasteiger partial charge on any atom is 0.253 e. The Kier molecular flexibility index (Phi) is 4.55. The van der Waals surface area contributed by atoms with Crippen molar-refractivity contribution in [1.82, 2.24) is 25.3 Å². The van der Waals surface area contributed by atoms with Crippen LogP contribution in [0.25, 0.3) is 22.0 Å². The van der Waals surface area contributed by atoms with Crippen molar-refractivity contribution in [1.29, 1.82) is 0 Å². The van der Waals surface area contributed by atoms with E-state index in [-0.39, 0.29) is 11.8 Å². The first-order valence-corrected chi connectivity index (χ1v) is 10.4. The summed E-state index contributed by atoms with van der Waals surface area (Å²) < 4.78 is 1.86. The Bertz CT molecular complexity index is 1110. The summed E-state index contributed by atoms with van der Waals surface area (Å²) in [6, 6.07) is 14.0. The van der Waals surface area contributed by atoms with Gasteiger partial charge in [0.15, 0.2) is 0 Å². The number of aromatic nitrogens is 2. The Balaban J connectivity index is 1.32. The second-order valence-electron chi connectivity index (χ2n) is 8.18. The summed E-state index contributed by atoms with van der Waals surface area (Å²) in [5.41, 5.74) is 3.49. The van der Waals surface area contributed by atoms with Crippen LogP contribution in [0.15, 0.2) is 48.7 Å². The molecule has 0 unspecified atom stereocenters. The Hall–Kier alpha value is -3.19. The van der Waals surface area contributed by atoms with Gasteiger partial charge in [0.05, 0.1) is 17.3 Å². The number of aryl methyl sites for hydroxylation is 1. The molecule has 30 heavy (non-hydrogen) atoms. The Morgan fingerprint density at radius 1 is 1.03 bits per heavy atom. The third-order valence-electron chi connectivity index (χ3n) is 6.20. The van der Waals surface area contributed by atoms with Crippen molar-refractivity contribution in [2.24, 2.45) is 7.05 Å². The Morgan fingerprint density at radius 2 is 1.77 bits per heavy atom. The summed E-state index contributed by atoms with van der Waals surface area (Å²) in [5, 5.41) is 11.7. The molecule has 2 heterocycles. The normalized spacial score (nSPS) is 18.6. The summed E-state index contributed by atoms with van der Waals surface area (Å²) in [4.78, 5) is 27.1. The lowest BCUT2D eigenvalue weighted by atomic mass is 10.0. The topological polar surface area (TPSA) is 79.3 Å². The molecule has 2 fully saturated rings. The summed E-state index contributed by atoms with van der Waals surface area (Å²) in [6.45, 7) is 2.22. The molecular formula is C23H25N5O2. The molecule has 1 aliphatic heterocycles. The third kappa shape index (κ3) is 3.35. The van der Waals surface area contributed by atoms with Crippen molar-refractivity contribution in [3.8, 4) is 11.1 Å². The number of nitrogens with one attached hydrogen (secondary N) is 2. The molecule has 1 aliphatic carbocycles. The predicted octanol–water partition coefficient (Wildman–Crippen LogP) is 1.93. The molecule has 0 bridgehead atoms. The van der Waals surface area contributed by atoms with Crippen LogP contribution in [0.5, 0.6) is 0 Å². The Morgan fingerprint density at radius 3 is 2.53 bits per heavy atom. The zero-order valence-electron chi connectivity index (χ0n) is 17.0. The molecule has 1 aromatic heterocycles. The maximum absolute atomic E-state index is 13.0. The van der Waals surface area contributed by atoms with E-state index < -0.39 is 5.54 Å². The van der Waals surface area contributed by atoms with Gasteiger partial charge >= 0.3 is 0 Å². The number of carbonyl (C=O) groups is 2. The molecule has 2 aliphatic rings. The summed E-state index contributed by atoms with van der Waals surface area (Å²) >= 11 is 0. The van der Waals surface area contributed by atoms with Gasteiger partial charge in [-0.2, -0.15) is 5.10 Å². The summed E-state index contributed by atoms with van der Waals surface area (Å²) in [5.74, 6) is 0.0537. The van der Waals surface area contributed by atoms with Gasteiger partial charge in [-0.1, -0.05) is 24.3 Å². The molecule has 1 saturated carbocycles. The van der Waals surface area contributed by atoms with Crippen molar-refractivity contribution >= 4 is 22.7 Å². The number of carbonyl (C=O) groups excluding carboxylic acids is 2. The lowest BCUT2D eigenvalue weighted by Crippen LogP contribution is -2.46. The van der Waals surface area contributed by atoms with Crippen LogP contribution in [-0.4, -0.2) is 58.2 Å². The molecule has 1 spiro atoms. The lowest BCUT2D eigenvalue weighted by molar-refractivity contribution is -0.124. The van der Waals surface area contributed by atoms with Crippen molar-refractivity contribution in [2.45, 2.75) is 18.4 Å². The van der Waals surface area contributed by atoms with E-state index in [2.05, 4.69) is 33.9 Å². The number of amides is 2. The molecule has 3 aromatic rings. The van der Waals surface area contributed by atoms with Gasteiger partial charge in [0, 0.05) is 44.2 Å². The monoisotopic (exact) mass is 403 g/mol. The van der Waals surface area contributed by atoms with E-state index in [4.69, 9.17) is 0 Å². The number of benzene rings is 2. The van der Waals surface area contributed by atoms with Gasteiger partial charge in [0.1, 0.15) is 0 Å². The molecule has 7 nitrogen and oxygen atoms in total. The average molecular weight is 403 g/mol. The van der Waals surface area contributed by atoms with Gasteiger partial charge in [0.2, 0.25) is 5.91 Å². The highest BCUT2D eigenvalue weighted by atomic mass is 16.2. The van der Waals surface area contributed by atoms with Crippen molar-refractivity contribution < 1.29 is 9.59 Å². The van der Waals surface area contributed by atoms with Gasteiger partial charge in [-0.25, -0.2) is 0 Å². The van der Waals surface area contributed by atoms with Gasteiger partial charge in [-0.15, -0.1) is 0 Å². The standard InChI is InChI=1S/C23H25N5O2/c1-27-20-14-18(6-7-19(20)15-26-27)16-2-4-17(5-3-16)21(29)28-12-10-24-22(30)23(8-9-23)25-11-13-28/h2-7,14-15,25H,8-13H2,1H3,(H,24,30). The van der Waals surface area contributed by atoms with E-state index in [0.29, 0.717) is 31.7 Å². The van der Waals surface area contributed by atoms with Crippen LogP contribution in [0, 0.1) is 0 Å². The summed E-state index contributed by atoms with van der Waals surface area (Å²) in [6.07, 6.45) is 3.60. The molecule has 2 aromatic carbocycles. The fraction of sp³-hybridized carbons (Fsp3) is 0.348. The SMILES string of the molecule is Cn1ncc2ccc(-c3ccc(C(=O)N4CCNC(=O)C5(CC5)NCC4)cc3)cc21. The highest BCUT2D eigenvalue weighted by Crippen LogP contribution is 2.35. The molecule has 1 saturated heterocycles. The minimum absolute atomic E-state index is 0.00793. The molecule has 2 amide bonds. The quantitative estimate of drug-likeness (QED) is 0.685. The first-order chi connectivity index (χ1) is 14.6. The molecule has 7 heteroatoms. The molecule has 0 atom stereocenters. The minimum atomic E-state index is -0.393. The van der Waals surface area contributed by atoms with E-state index in [1.807, 2.05) is 47.1 Å². The van der Waals surface area contributed by atoms with E-state index in [0.717, 1.165) is 34.9 Å². The fourth-order valence-corrected chi connectivity index (χ4v) is 4.14. The van der Waals surface area contributed by atoms with Crippen molar-refractivity contribution in [3.63, 3.8) is 0 Å². The second kappa shape index (κ2) is 7.25. The lowest BCUT2D eigenvalue weighted by Gasteiger charge is -2.22. The predicted molar refractivity (Wildman–Crippen MR) is 115 cm³/mol. The molecule has 5 rings (SSSR count). The zero-order valence-corrected chi connectivity index (χ0v) is 17.0. The minimum Gasteiger partial charge on any atom is -0.353 e. The molecule has 0 radical (unpaired) electrons. The van der Waals surface area contributed by atoms with Gasteiger partial charge in [-0.05, 0) is 42.2 Å². The van der Waals surface area contributed by atoms with Crippen LogP contribution in [0.4, 0.5) is 0 Å². The van der Waals surface area contributed by atoms with E-state index >= 15 is 0 Å². The van der Waals surface area contributed by atoms with Crippen molar-refractivity contribution in [3.05, 3.63) is 54.2 Å². The van der Waals surface area contributed by atoms with E-state index in [1.165, 1.54) is 0 Å². The number of hydrogen-bond donors (Lipinski definition) is 2. The first kappa shape index (κ1) is 18.8. The van der Waals surface area contributed by atoms with Crippen LogP contribution in [0.3, 0.4) is 0 Å². The number of rotatable bonds is 2. The number of nitrogens with zero attached hydrogens (tertiary/aromatic N) is 3. The Labute approximate surface area is 175 Å². The van der Waals surface area contributed by atoms with Gasteiger partial charge < -0.3 is 15.5 Å². The van der Waals surface area contributed by atoms with Crippen LogP contribution in [0.1, 0.15) is 23.2 Å². The molecule has 2 N–H and O–H groups in total. The largest absolute Gasteiger partial charge is 0.353 e. The summed E-state index contributed by atoms with van der Waals surface area (Å²) in [7, 11) is 1.93. The average Bonchev–Trinajstić information content (AvgIpc) is 3.46. The van der Waals surface area contributed by atoms with Crippen LogP contribution in [0.2, 0.25) is 0 Å². The third-order valence-corrected chi connectivity index (χ3v) is 6.20. The molecular weight excluding hydrogens is 378 g/mol. The van der Waals surface area contributed by atoms with E-state index in [9.17, 15) is 9.59 Å². The highest BCUT2D eigenvalue weighted by Gasteiger charge is 2.49. The molecule has 154 valence electrons. The van der Waals surface area contributed by atoms with Gasteiger partial charge in [0.25, 0.3) is 5.91 Å². The fourth-order valence-electron chi connectivity index (χ4n) is 4.14. The zero-order chi connectivity index (χ0) is 20.7. The van der Waals surface area contributed by atoms with Crippen LogP contribution >= 0.6 is 0 Å². The number of fused-ring (bicyclic) bond motifs is 1. The van der Waals surface area contributed by atoms with Gasteiger partial charge in [-0.3, -0.25) is 14.3 Å².